The molecule has 2 aliphatic rings. The topological polar surface area (TPSA) is 79.0 Å². The number of hydrogen-bond acceptors (Lipinski definition) is 5. The zero-order valence-corrected chi connectivity index (χ0v) is 16.8. The molecular formula is C17H33N3O4S. The highest BCUT2D eigenvalue weighted by atomic mass is 32.2. The summed E-state index contributed by atoms with van der Waals surface area (Å²) < 4.78 is 31.5. The van der Waals surface area contributed by atoms with E-state index in [9.17, 15) is 13.2 Å². The first-order chi connectivity index (χ1) is 11.7. The van der Waals surface area contributed by atoms with E-state index in [4.69, 9.17) is 4.74 Å². The van der Waals surface area contributed by atoms with Crippen molar-refractivity contribution in [2.75, 3.05) is 38.5 Å². The van der Waals surface area contributed by atoms with Crippen molar-refractivity contribution in [3.63, 3.8) is 0 Å². The van der Waals surface area contributed by atoms with Gasteiger partial charge in [0.1, 0.15) is 5.60 Å². The summed E-state index contributed by atoms with van der Waals surface area (Å²) in [7, 11) is -3.16. The molecule has 2 rings (SSSR count). The van der Waals surface area contributed by atoms with Crippen molar-refractivity contribution in [2.24, 2.45) is 5.92 Å². The lowest BCUT2D eigenvalue weighted by molar-refractivity contribution is -0.00765. The minimum atomic E-state index is -3.16. The Hall–Kier alpha value is -0.860. The zero-order valence-electron chi connectivity index (χ0n) is 16.0. The van der Waals surface area contributed by atoms with E-state index in [1.54, 1.807) is 6.92 Å². The zero-order chi connectivity index (χ0) is 18.7. The number of carbonyl (C=O) groups is 1. The first-order valence-electron chi connectivity index (χ1n) is 9.36. The molecule has 0 aliphatic carbocycles. The molecule has 1 atom stereocenters. The summed E-state index contributed by atoms with van der Waals surface area (Å²) in [6.45, 7) is 11.5. The lowest BCUT2D eigenvalue weighted by Gasteiger charge is -2.40. The van der Waals surface area contributed by atoms with Crippen molar-refractivity contribution >= 4 is 16.1 Å². The van der Waals surface area contributed by atoms with Crippen molar-refractivity contribution in [3.05, 3.63) is 0 Å². The second-order valence-electron chi connectivity index (χ2n) is 7.79. The smallest absolute Gasteiger partial charge is 0.410 e. The van der Waals surface area contributed by atoms with E-state index in [1.165, 1.54) is 0 Å². The van der Waals surface area contributed by atoms with Gasteiger partial charge in [-0.25, -0.2) is 17.9 Å². The molecular weight excluding hydrogens is 342 g/mol. The van der Waals surface area contributed by atoms with Gasteiger partial charge in [0.2, 0.25) is 10.0 Å². The molecule has 7 nitrogen and oxygen atoms in total. The summed E-state index contributed by atoms with van der Waals surface area (Å²) in [5.74, 6) is 0.671. The maximum absolute atomic E-state index is 12.1. The predicted molar refractivity (Wildman–Crippen MR) is 98.0 cm³/mol. The highest BCUT2D eigenvalue weighted by Crippen LogP contribution is 2.34. The van der Waals surface area contributed by atoms with Gasteiger partial charge in [0.15, 0.2) is 0 Å². The molecule has 0 saturated carbocycles. The summed E-state index contributed by atoms with van der Waals surface area (Å²) >= 11 is 0. The molecule has 0 unspecified atom stereocenters. The summed E-state index contributed by atoms with van der Waals surface area (Å²) in [5.41, 5.74) is -0.354. The Kier molecular flexibility index (Phi) is 6.73. The Balaban J connectivity index is 1.82. The molecule has 2 saturated heterocycles. The molecule has 0 radical (unpaired) electrons. The Labute approximate surface area is 152 Å². The van der Waals surface area contributed by atoms with Gasteiger partial charge < -0.3 is 9.64 Å². The monoisotopic (exact) mass is 375 g/mol. The maximum Gasteiger partial charge on any atom is 0.410 e. The number of rotatable bonds is 8. The fraction of sp³-hybridized carbons (Fsp3) is 0.941. The second kappa shape index (κ2) is 8.22. The van der Waals surface area contributed by atoms with Crippen LogP contribution >= 0.6 is 0 Å². The van der Waals surface area contributed by atoms with Crippen molar-refractivity contribution in [1.29, 1.82) is 0 Å². The van der Waals surface area contributed by atoms with Crippen LogP contribution in [-0.2, 0) is 14.8 Å². The van der Waals surface area contributed by atoms with Crippen molar-refractivity contribution in [1.82, 2.24) is 14.5 Å². The van der Waals surface area contributed by atoms with Crippen LogP contribution in [-0.4, -0.2) is 74.4 Å². The SMILES string of the molecule is CCS(=O)(=O)NC[C@@H](C)N1CCC2(CC1)CN(CCC(C)C)C(=O)O2. The average molecular weight is 376 g/mol. The molecule has 1 amide bonds. The number of amides is 1. The predicted octanol–water partition coefficient (Wildman–Crippen LogP) is 1.65. The number of sulfonamides is 1. The van der Waals surface area contributed by atoms with Crippen molar-refractivity contribution < 1.29 is 17.9 Å². The third-order valence-corrected chi connectivity index (χ3v) is 6.70. The number of hydrogen-bond donors (Lipinski definition) is 1. The van der Waals surface area contributed by atoms with E-state index < -0.39 is 10.0 Å². The Morgan fingerprint density at radius 1 is 1.24 bits per heavy atom. The number of carbonyl (C=O) groups excluding carboxylic acids is 1. The quantitative estimate of drug-likeness (QED) is 0.698. The molecule has 0 aromatic heterocycles. The molecule has 0 aromatic carbocycles. The highest BCUT2D eigenvalue weighted by Gasteiger charge is 2.47. The number of piperidine rings is 1. The molecule has 2 fully saturated rings. The fourth-order valence-corrected chi connectivity index (χ4v) is 4.09. The van der Waals surface area contributed by atoms with Crippen LogP contribution in [0.1, 0.15) is 47.0 Å². The lowest BCUT2D eigenvalue weighted by atomic mass is 9.90. The van der Waals surface area contributed by atoms with E-state index in [2.05, 4.69) is 23.5 Å². The van der Waals surface area contributed by atoms with Crippen LogP contribution in [0.15, 0.2) is 0 Å². The third-order valence-electron chi connectivity index (χ3n) is 5.33. The highest BCUT2D eigenvalue weighted by molar-refractivity contribution is 7.89. The van der Waals surface area contributed by atoms with Crippen LogP contribution < -0.4 is 4.72 Å². The van der Waals surface area contributed by atoms with E-state index in [-0.39, 0.29) is 23.5 Å². The van der Waals surface area contributed by atoms with E-state index in [1.807, 2.05) is 11.8 Å². The standard InChI is InChI=1S/C17H33N3O4S/c1-5-25(22,23)18-12-15(4)19-10-7-17(8-11-19)13-20(16(21)24-17)9-6-14(2)3/h14-15,18H,5-13H2,1-4H3/t15-/m1/s1. The van der Waals surface area contributed by atoms with Crippen LogP contribution in [0, 0.1) is 5.92 Å². The van der Waals surface area contributed by atoms with Gasteiger partial charge in [0.25, 0.3) is 0 Å². The van der Waals surface area contributed by atoms with Gasteiger partial charge in [0, 0.05) is 45.1 Å². The van der Waals surface area contributed by atoms with Gasteiger partial charge in [-0.1, -0.05) is 13.8 Å². The van der Waals surface area contributed by atoms with Gasteiger partial charge in [-0.3, -0.25) is 4.90 Å². The molecule has 1 spiro atoms. The molecule has 8 heteroatoms. The third kappa shape index (κ3) is 5.56. The first kappa shape index (κ1) is 20.5. The van der Waals surface area contributed by atoms with E-state index in [0.29, 0.717) is 19.0 Å². The van der Waals surface area contributed by atoms with E-state index >= 15 is 0 Å². The number of likely N-dealkylation sites (tertiary alicyclic amines) is 1. The van der Waals surface area contributed by atoms with Gasteiger partial charge in [-0.15, -0.1) is 0 Å². The molecule has 25 heavy (non-hydrogen) atoms. The van der Waals surface area contributed by atoms with Gasteiger partial charge in [-0.2, -0.15) is 0 Å². The minimum absolute atomic E-state index is 0.102. The summed E-state index contributed by atoms with van der Waals surface area (Å²) in [4.78, 5) is 16.2. The molecule has 0 bridgehead atoms. The number of nitrogens with one attached hydrogen (secondary N) is 1. The molecule has 2 heterocycles. The molecule has 1 N–H and O–H groups in total. The van der Waals surface area contributed by atoms with E-state index in [0.717, 1.165) is 38.9 Å². The number of nitrogens with zero attached hydrogens (tertiary/aromatic N) is 2. The van der Waals surface area contributed by atoms with Gasteiger partial charge in [-0.05, 0) is 26.2 Å². The Morgan fingerprint density at radius 3 is 2.44 bits per heavy atom. The lowest BCUT2D eigenvalue weighted by Crippen LogP contribution is -2.52. The summed E-state index contributed by atoms with van der Waals surface area (Å²) in [5, 5.41) is 0. The van der Waals surface area contributed by atoms with Gasteiger partial charge >= 0.3 is 6.09 Å². The van der Waals surface area contributed by atoms with Crippen LogP contribution in [0.4, 0.5) is 4.79 Å². The maximum atomic E-state index is 12.1. The average Bonchev–Trinajstić information content (AvgIpc) is 2.87. The number of ether oxygens (including phenoxy) is 1. The Bertz CT molecular complexity index is 556. The Morgan fingerprint density at radius 2 is 1.88 bits per heavy atom. The largest absolute Gasteiger partial charge is 0.441 e. The van der Waals surface area contributed by atoms with Crippen LogP contribution in [0.2, 0.25) is 0 Å². The van der Waals surface area contributed by atoms with Crippen LogP contribution in [0.3, 0.4) is 0 Å². The fourth-order valence-electron chi connectivity index (χ4n) is 3.39. The summed E-state index contributed by atoms with van der Waals surface area (Å²) in [6.07, 6.45) is 2.42. The first-order valence-corrected chi connectivity index (χ1v) is 11.0. The normalized spacial score (nSPS) is 22.6. The minimum Gasteiger partial charge on any atom is -0.441 e. The van der Waals surface area contributed by atoms with Gasteiger partial charge in [0.05, 0.1) is 12.3 Å². The summed E-state index contributed by atoms with van der Waals surface area (Å²) in [6, 6.07) is 0.132. The molecule has 2 aliphatic heterocycles. The van der Waals surface area contributed by atoms with Crippen LogP contribution in [0.5, 0.6) is 0 Å². The van der Waals surface area contributed by atoms with Crippen molar-refractivity contribution in [2.45, 2.75) is 58.6 Å². The van der Waals surface area contributed by atoms with Crippen LogP contribution in [0.25, 0.3) is 0 Å². The molecule has 0 aromatic rings. The second-order valence-corrected chi connectivity index (χ2v) is 9.89. The van der Waals surface area contributed by atoms with Crippen molar-refractivity contribution in [3.8, 4) is 0 Å². The molecule has 146 valence electrons.